The molecule has 0 N–H and O–H groups in total. The highest BCUT2D eigenvalue weighted by Gasteiger charge is 2.69. The van der Waals surface area contributed by atoms with Crippen LogP contribution in [-0.2, 0) is 33.6 Å². The Bertz CT molecular complexity index is 651. The van der Waals surface area contributed by atoms with Gasteiger partial charge < -0.3 is 14.2 Å². The van der Waals surface area contributed by atoms with Crippen LogP contribution in [0.5, 0.6) is 0 Å². The molecule has 8 atom stereocenters. The van der Waals surface area contributed by atoms with E-state index in [4.69, 9.17) is 24.0 Å². The molecule has 29 heavy (non-hydrogen) atoms. The summed E-state index contributed by atoms with van der Waals surface area (Å²) in [6.45, 7) is 8.14. The molecule has 4 aliphatic heterocycles. The van der Waals surface area contributed by atoms with E-state index in [1.165, 1.54) is 0 Å². The van der Waals surface area contributed by atoms with E-state index in [9.17, 15) is 9.59 Å². The first kappa shape index (κ1) is 21.2. The molecule has 1 saturated carbocycles. The van der Waals surface area contributed by atoms with Crippen LogP contribution in [0.3, 0.4) is 0 Å². The number of ketones is 1. The lowest BCUT2D eigenvalue weighted by molar-refractivity contribution is -0.576. The Morgan fingerprint density at radius 3 is 2.59 bits per heavy atom. The van der Waals surface area contributed by atoms with Crippen molar-refractivity contribution in [3.05, 3.63) is 0 Å². The van der Waals surface area contributed by atoms with Crippen LogP contribution in [0.1, 0.15) is 79.1 Å². The molecule has 7 nitrogen and oxygen atoms in total. The Morgan fingerprint density at radius 2 is 1.83 bits per heavy atom. The van der Waals surface area contributed by atoms with Crippen LogP contribution in [-0.4, -0.2) is 35.7 Å². The number of hydrogen-bond acceptors (Lipinski definition) is 7. The fourth-order valence-electron chi connectivity index (χ4n) is 5.84. The first-order chi connectivity index (χ1) is 13.8. The molecule has 2 bridgehead atoms. The SMILES string of the molecule is CCCC(=O)CCC(=O)O[C@@H]1O[C@@H]2O[C@]3(C)CC[C@H]4[C@H](C)CC[C@@H]([C@H]1C)[C@@]24OO3. The Kier molecular flexibility index (Phi) is 5.79. The third-order valence-electron chi connectivity index (χ3n) is 7.48. The van der Waals surface area contributed by atoms with Gasteiger partial charge in [-0.1, -0.05) is 20.8 Å². The minimum absolute atomic E-state index is 0.0498. The molecule has 5 fully saturated rings. The molecule has 7 heteroatoms. The van der Waals surface area contributed by atoms with Gasteiger partial charge in [0.1, 0.15) is 5.78 Å². The van der Waals surface area contributed by atoms with Crippen molar-refractivity contribution in [1.29, 1.82) is 0 Å². The van der Waals surface area contributed by atoms with E-state index < -0.39 is 29.9 Å². The summed E-state index contributed by atoms with van der Waals surface area (Å²) in [6, 6.07) is 0. The molecular weight excluding hydrogens is 376 g/mol. The van der Waals surface area contributed by atoms with Crippen LogP contribution in [0.25, 0.3) is 0 Å². The second-order valence-corrected chi connectivity index (χ2v) is 9.55. The first-order valence-corrected chi connectivity index (χ1v) is 11.2. The maximum atomic E-state index is 12.4. The maximum absolute atomic E-state index is 12.4. The van der Waals surface area contributed by atoms with Crippen molar-refractivity contribution in [3.8, 4) is 0 Å². The lowest BCUT2D eigenvalue weighted by Gasteiger charge is -2.59. The fourth-order valence-corrected chi connectivity index (χ4v) is 5.84. The van der Waals surface area contributed by atoms with Crippen molar-refractivity contribution in [2.45, 2.75) is 103 Å². The van der Waals surface area contributed by atoms with Crippen LogP contribution in [0.15, 0.2) is 0 Å². The number of carbonyl (C=O) groups excluding carboxylic acids is 2. The van der Waals surface area contributed by atoms with Crippen LogP contribution in [0.4, 0.5) is 0 Å². The van der Waals surface area contributed by atoms with Crippen LogP contribution in [0.2, 0.25) is 0 Å². The van der Waals surface area contributed by atoms with Gasteiger partial charge in [-0.15, -0.1) is 0 Å². The lowest BCUT2D eigenvalue weighted by Crippen LogP contribution is -2.70. The largest absolute Gasteiger partial charge is 0.435 e. The quantitative estimate of drug-likeness (QED) is 0.485. The average Bonchev–Trinajstić information content (AvgIpc) is 2.90. The predicted octanol–water partition coefficient (Wildman–Crippen LogP) is 3.89. The van der Waals surface area contributed by atoms with Crippen molar-refractivity contribution in [2.24, 2.45) is 23.7 Å². The smallest absolute Gasteiger partial charge is 0.308 e. The van der Waals surface area contributed by atoms with Gasteiger partial charge >= 0.3 is 5.97 Å². The number of hydrogen-bond donors (Lipinski definition) is 0. The summed E-state index contributed by atoms with van der Waals surface area (Å²) >= 11 is 0. The number of rotatable bonds is 6. The topological polar surface area (TPSA) is 80.3 Å². The monoisotopic (exact) mass is 410 g/mol. The van der Waals surface area contributed by atoms with E-state index in [1.807, 2.05) is 20.8 Å². The summed E-state index contributed by atoms with van der Waals surface area (Å²) in [5.41, 5.74) is -0.660. The van der Waals surface area contributed by atoms with E-state index in [-0.39, 0.29) is 36.4 Å². The highest BCUT2D eigenvalue weighted by molar-refractivity contribution is 5.82. The van der Waals surface area contributed by atoms with Gasteiger partial charge in [0.2, 0.25) is 12.1 Å². The van der Waals surface area contributed by atoms with Gasteiger partial charge in [0.05, 0.1) is 6.42 Å². The molecule has 0 amide bonds. The van der Waals surface area contributed by atoms with Gasteiger partial charge in [-0.3, -0.25) is 9.59 Å². The van der Waals surface area contributed by atoms with E-state index in [2.05, 4.69) is 6.92 Å². The van der Waals surface area contributed by atoms with Crippen molar-refractivity contribution >= 4 is 11.8 Å². The Hall–Kier alpha value is -1.02. The zero-order chi connectivity index (χ0) is 20.8. The molecule has 1 spiro atoms. The highest BCUT2D eigenvalue weighted by atomic mass is 17.3. The van der Waals surface area contributed by atoms with Crippen LogP contribution >= 0.6 is 0 Å². The molecule has 1 aliphatic carbocycles. The summed E-state index contributed by atoms with van der Waals surface area (Å²) in [7, 11) is 0. The minimum Gasteiger partial charge on any atom is -0.435 e. The van der Waals surface area contributed by atoms with E-state index in [0.717, 1.165) is 32.1 Å². The average molecular weight is 411 g/mol. The Labute approximate surface area is 172 Å². The second-order valence-electron chi connectivity index (χ2n) is 9.55. The summed E-state index contributed by atoms with van der Waals surface area (Å²) in [6.07, 6.45) is 4.02. The molecule has 0 aromatic rings. The summed E-state index contributed by atoms with van der Waals surface area (Å²) < 4.78 is 18.2. The van der Waals surface area contributed by atoms with Crippen molar-refractivity contribution < 1.29 is 33.6 Å². The van der Waals surface area contributed by atoms with Crippen molar-refractivity contribution in [3.63, 3.8) is 0 Å². The number of fused-ring (bicyclic) bond motifs is 2. The molecule has 0 unspecified atom stereocenters. The number of carbonyl (C=O) groups is 2. The fraction of sp³-hybridized carbons (Fsp3) is 0.909. The number of Topliss-reactive ketones (excluding diaryl/α,β-unsaturated/α-hetero) is 1. The van der Waals surface area contributed by atoms with Crippen molar-refractivity contribution in [2.75, 3.05) is 0 Å². The zero-order valence-electron chi connectivity index (χ0n) is 18.0. The summed E-state index contributed by atoms with van der Waals surface area (Å²) in [4.78, 5) is 36.0. The molecule has 164 valence electrons. The van der Waals surface area contributed by atoms with Gasteiger partial charge in [-0.05, 0) is 44.4 Å². The van der Waals surface area contributed by atoms with Gasteiger partial charge in [0.15, 0.2) is 11.9 Å². The summed E-state index contributed by atoms with van der Waals surface area (Å²) in [5.74, 6) is -0.324. The standard InChI is InChI=1S/C22H34O7/c1-5-6-15(23)8-10-18(24)25-19-14(3)17-9-7-13(2)16-11-12-21(4)27-20(26-19)22(16,17)29-28-21/h13-14,16-17,19-20H,5-12H2,1-4H3/t13-,14-,16+,17+,19-,20-,21+,22-/m1/s1. The lowest BCUT2D eigenvalue weighted by atomic mass is 9.58. The molecule has 5 rings (SSSR count). The molecule has 4 heterocycles. The zero-order valence-corrected chi connectivity index (χ0v) is 18.0. The molecule has 0 aromatic heterocycles. The third kappa shape index (κ3) is 3.64. The Morgan fingerprint density at radius 1 is 1.03 bits per heavy atom. The maximum Gasteiger partial charge on any atom is 0.308 e. The number of esters is 1. The Balaban J connectivity index is 1.50. The molecule has 0 aromatic carbocycles. The van der Waals surface area contributed by atoms with Gasteiger partial charge in [0.25, 0.3) is 0 Å². The molecule has 0 radical (unpaired) electrons. The summed E-state index contributed by atoms with van der Waals surface area (Å²) in [5, 5.41) is 0. The first-order valence-electron chi connectivity index (χ1n) is 11.2. The second kappa shape index (κ2) is 7.91. The van der Waals surface area contributed by atoms with Crippen molar-refractivity contribution in [1.82, 2.24) is 0 Å². The normalized spacial score (nSPS) is 45.9. The predicted molar refractivity (Wildman–Crippen MR) is 102 cm³/mol. The minimum atomic E-state index is -0.848. The molecular formula is C22H34O7. The third-order valence-corrected chi connectivity index (χ3v) is 7.48. The van der Waals surface area contributed by atoms with Gasteiger partial charge in [0, 0.05) is 31.1 Å². The van der Waals surface area contributed by atoms with Gasteiger partial charge in [-0.2, -0.15) is 0 Å². The van der Waals surface area contributed by atoms with E-state index >= 15 is 0 Å². The van der Waals surface area contributed by atoms with Crippen LogP contribution in [0, 0.1) is 23.7 Å². The van der Waals surface area contributed by atoms with E-state index in [1.54, 1.807) is 0 Å². The molecule has 5 aliphatic rings. The number of ether oxygens (including phenoxy) is 3. The molecule has 4 saturated heterocycles. The van der Waals surface area contributed by atoms with Crippen LogP contribution < -0.4 is 0 Å². The van der Waals surface area contributed by atoms with Gasteiger partial charge in [-0.25, -0.2) is 9.78 Å². The van der Waals surface area contributed by atoms with E-state index in [0.29, 0.717) is 12.3 Å². The highest BCUT2D eigenvalue weighted by Crippen LogP contribution is 2.60.